The van der Waals surface area contributed by atoms with Gasteiger partial charge in [0.05, 0.1) is 19.3 Å². The van der Waals surface area contributed by atoms with Gasteiger partial charge >= 0.3 is 0 Å². The number of hydrogen-bond donors (Lipinski definition) is 1. The van der Waals surface area contributed by atoms with Crippen LogP contribution < -0.4 is 15.4 Å². The second-order valence-corrected chi connectivity index (χ2v) is 5.07. The lowest BCUT2D eigenvalue weighted by atomic mass is 10.2. The number of benzene rings is 1. The molecule has 0 spiro atoms. The van der Waals surface area contributed by atoms with Crippen LogP contribution in [0.25, 0.3) is 0 Å². The topological polar surface area (TPSA) is 51.4 Å². The van der Waals surface area contributed by atoms with E-state index in [1.54, 1.807) is 7.11 Å². The fourth-order valence-corrected chi connectivity index (χ4v) is 2.19. The highest BCUT2D eigenvalue weighted by Gasteiger charge is 2.08. The van der Waals surface area contributed by atoms with Gasteiger partial charge in [-0.25, -0.2) is 4.98 Å². The number of nitrogens with two attached hydrogens (primary N) is 1. The average molecular weight is 285 g/mol. The van der Waals surface area contributed by atoms with E-state index in [-0.39, 0.29) is 0 Å². The van der Waals surface area contributed by atoms with Crippen molar-refractivity contribution in [3.63, 3.8) is 0 Å². The van der Waals surface area contributed by atoms with Crippen LogP contribution in [0.2, 0.25) is 0 Å². The van der Waals surface area contributed by atoms with Gasteiger partial charge in [-0.05, 0) is 38.1 Å². The van der Waals surface area contributed by atoms with Gasteiger partial charge < -0.3 is 15.4 Å². The second kappa shape index (κ2) is 7.64. The Morgan fingerprint density at radius 2 is 1.90 bits per heavy atom. The maximum atomic E-state index is 5.66. The number of hydrogen-bond acceptors (Lipinski definition) is 4. The van der Waals surface area contributed by atoms with Gasteiger partial charge in [-0.15, -0.1) is 0 Å². The Bertz CT molecular complexity index is 554. The average Bonchev–Trinajstić information content (AvgIpc) is 2.52. The number of nitrogens with zero attached hydrogens (tertiary/aromatic N) is 2. The van der Waals surface area contributed by atoms with Crippen LogP contribution in [0.1, 0.15) is 17.7 Å². The molecule has 0 aliphatic carbocycles. The summed E-state index contributed by atoms with van der Waals surface area (Å²) >= 11 is 0. The molecule has 0 saturated carbocycles. The molecule has 0 unspecified atom stereocenters. The van der Waals surface area contributed by atoms with Gasteiger partial charge in [0.15, 0.2) is 0 Å². The highest BCUT2D eigenvalue weighted by Crippen LogP contribution is 2.18. The molecule has 4 heteroatoms. The SMILES string of the molecule is COc1cccc(CN(CCCN)c2ccc(C)cc2)n1. The highest BCUT2D eigenvalue weighted by molar-refractivity contribution is 5.47. The summed E-state index contributed by atoms with van der Waals surface area (Å²) in [6.45, 7) is 4.45. The van der Waals surface area contributed by atoms with Gasteiger partial charge in [0.25, 0.3) is 0 Å². The van der Waals surface area contributed by atoms with Crippen molar-refractivity contribution >= 4 is 5.69 Å². The molecule has 0 atom stereocenters. The molecule has 2 aromatic rings. The van der Waals surface area contributed by atoms with E-state index in [2.05, 4.69) is 41.1 Å². The monoisotopic (exact) mass is 285 g/mol. The van der Waals surface area contributed by atoms with E-state index in [1.807, 2.05) is 18.2 Å². The first-order valence-corrected chi connectivity index (χ1v) is 7.24. The van der Waals surface area contributed by atoms with Crippen molar-refractivity contribution in [3.05, 3.63) is 53.7 Å². The number of anilines is 1. The second-order valence-electron chi connectivity index (χ2n) is 5.07. The molecule has 1 aromatic heterocycles. The zero-order valence-electron chi connectivity index (χ0n) is 12.7. The summed E-state index contributed by atoms with van der Waals surface area (Å²) in [7, 11) is 1.64. The van der Waals surface area contributed by atoms with Crippen molar-refractivity contribution in [2.75, 3.05) is 25.1 Å². The van der Waals surface area contributed by atoms with Crippen molar-refractivity contribution in [2.45, 2.75) is 19.9 Å². The van der Waals surface area contributed by atoms with Gasteiger partial charge in [0.2, 0.25) is 5.88 Å². The number of aromatic nitrogens is 1. The van der Waals surface area contributed by atoms with Crippen LogP contribution in [0, 0.1) is 6.92 Å². The molecule has 112 valence electrons. The van der Waals surface area contributed by atoms with Crippen molar-refractivity contribution in [2.24, 2.45) is 5.73 Å². The fraction of sp³-hybridized carbons (Fsp3) is 0.353. The number of methoxy groups -OCH3 is 1. The van der Waals surface area contributed by atoms with E-state index < -0.39 is 0 Å². The van der Waals surface area contributed by atoms with E-state index in [9.17, 15) is 0 Å². The molecule has 1 heterocycles. The van der Waals surface area contributed by atoms with Crippen molar-refractivity contribution in [1.29, 1.82) is 0 Å². The number of pyridine rings is 1. The normalized spacial score (nSPS) is 10.4. The minimum absolute atomic E-state index is 0.648. The summed E-state index contributed by atoms with van der Waals surface area (Å²) < 4.78 is 5.19. The lowest BCUT2D eigenvalue weighted by Crippen LogP contribution is -2.26. The maximum Gasteiger partial charge on any atom is 0.213 e. The van der Waals surface area contributed by atoms with Gasteiger partial charge in [-0.1, -0.05) is 23.8 Å². The maximum absolute atomic E-state index is 5.66. The van der Waals surface area contributed by atoms with E-state index in [0.29, 0.717) is 12.4 Å². The standard InChI is InChI=1S/C17H23N3O/c1-14-7-9-16(10-8-14)20(12-4-11-18)13-15-5-3-6-17(19-15)21-2/h3,5-10H,4,11-13,18H2,1-2H3. The van der Waals surface area contributed by atoms with Gasteiger partial charge in [-0.3, -0.25) is 0 Å². The molecule has 4 nitrogen and oxygen atoms in total. The quantitative estimate of drug-likeness (QED) is 0.850. The van der Waals surface area contributed by atoms with Crippen molar-refractivity contribution < 1.29 is 4.74 Å². The van der Waals surface area contributed by atoms with Crippen LogP contribution in [-0.4, -0.2) is 25.2 Å². The highest BCUT2D eigenvalue weighted by atomic mass is 16.5. The molecule has 2 N–H and O–H groups in total. The summed E-state index contributed by atoms with van der Waals surface area (Å²) in [5.41, 5.74) is 9.10. The predicted molar refractivity (Wildman–Crippen MR) is 86.7 cm³/mol. The lowest BCUT2D eigenvalue weighted by molar-refractivity contribution is 0.396. The van der Waals surface area contributed by atoms with Crippen molar-refractivity contribution in [3.8, 4) is 5.88 Å². The smallest absolute Gasteiger partial charge is 0.213 e. The van der Waals surface area contributed by atoms with Gasteiger partial charge in [0.1, 0.15) is 0 Å². The molecule has 0 radical (unpaired) electrons. The third-order valence-corrected chi connectivity index (χ3v) is 3.37. The third kappa shape index (κ3) is 4.46. The summed E-state index contributed by atoms with van der Waals surface area (Å²) in [6.07, 6.45) is 0.956. The molecule has 2 rings (SSSR count). The first kappa shape index (κ1) is 15.3. The first-order valence-electron chi connectivity index (χ1n) is 7.24. The van der Waals surface area contributed by atoms with Crippen LogP contribution in [0.4, 0.5) is 5.69 Å². The Labute approximate surface area is 126 Å². The Morgan fingerprint density at radius 1 is 1.14 bits per heavy atom. The Morgan fingerprint density at radius 3 is 2.57 bits per heavy atom. The Hall–Kier alpha value is -2.07. The summed E-state index contributed by atoms with van der Waals surface area (Å²) in [4.78, 5) is 6.79. The Balaban J connectivity index is 2.17. The van der Waals surface area contributed by atoms with Gasteiger partial charge in [0, 0.05) is 18.3 Å². The number of rotatable bonds is 7. The lowest BCUT2D eigenvalue weighted by Gasteiger charge is -2.24. The van der Waals surface area contributed by atoms with Gasteiger partial charge in [-0.2, -0.15) is 0 Å². The van der Waals surface area contributed by atoms with Crippen LogP contribution in [0.5, 0.6) is 5.88 Å². The molecule has 0 aliphatic rings. The van der Waals surface area contributed by atoms with E-state index in [4.69, 9.17) is 10.5 Å². The number of ether oxygens (including phenoxy) is 1. The molecule has 0 amide bonds. The Kier molecular flexibility index (Phi) is 5.58. The minimum Gasteiger partial charge on any atom is -0.481 e. The minimum atomic E-state index is 0.648. The summed E-state index contributed by atoms with van der Waals surface area (Å²) in [5.74, 6) is 0.648. The zero-order valence-corrected chi connectivity index (χ0v) is 12.7. The molecule has 0 saturated heterocycles. The molecule has 21 heavy (non-hydrogen) atoms. The third-order valence-electron chi connectivity index (χ3n) is 3.37. The molecular weight excluding hydrogens is 262 g/mol. The zero-order chi connectivity index (χ0) is 15.1. The largest absolute Gasteiger partial charge is 0.481 e. The van der Waals surface area contributed by atoms with Crippen LogP contribution in [0.15, 0.2) is 42.5 Å². The summed E-state index contributed by atoms with van der Waals surface area (Å²) in [5, 5.41) is 0. The first-order chi connectivity index (χ1) is 10.2. The predicted octanol–water partition coefficient (Wildman–Crippen LogP) is 2.75. The molecule has 0 aliphatic heterocycles. The van der Waals surface area contributed by atoms with E-state index >= 15 is 0 Å². The molecule has 0 bridgehead atoms. The number of aryl methyl sites for hydroxylation is 1. The summed E-state index contributed by atoms with van der Waals surface area (Å²) in [6, 6.07) is 14.4. The van der Waals surface area contributed by atoms with Crippen LogP contribution >= 0.6 is 0 Å². The molecule has 1 aromatic carbocycles. The van der Waals surface area contributed by atoms with Crippen LogP contribution in [0.3, 0.4) is 0 Å². The fourth-order valence-electron chi connectivity index (χ4n) is 2.19. The van der Waals surface area contributed by atoms with E-state index in [0.717, 1.165) is 25.2 Å². The molecular formula is C17H23N3O. The van der Waals surface area contributed by atoms with Crippen molar-refractivity contribution in [1.82, 2.24) is 4.98 Å². The van der Waals surface area contributed by atoms with E-state index in [1.165, 1.54) is 11.3 Å². The molecule has 0 fully saturated rings. The van der Waals surface area contributed by atoms with Crippen LogP contribution in [-0.2, 0) is 6.54 Å².